The third kappa shape index (κ3) is 6.03. The molecule has 1 N–H and O–H groups in total. The maximum absolute atomic E-state index is 13.3. The largest absolute Gasteiger partial charge is 0.464 e. The second-order valence-corrected chi connectivity index (χ2v) is 6.76. The minimum absolute atomic E-state index is 0.000128. The molecule has 0 aromatic heterocycles. The van der Waals surface area contributed by atoms with Gasteiger partial charge >= 0.3 is 17.8 Å². The molecule has 30 heavy (non-hydrogen) atoms. The smallest absolute Gasteiger partial charge is 0.396 e. The second kappa shape index (κ2) is 10.7. The van der Waals surface area contributed by atoms with E-state index in [1.807, 2.05) is 0 Å². The molecule has 1 aliphatic heterocycles. The van der Waals surface area contributed by atoms with Crippen molar-refractivity contribution in [1.29, 1.82) is 0 Å². The van der Waals surface area contributed by atoms with E-state index in [9.17, 15) is 23.6 Å². The van der Waals surface area contributed by atoms with Crippen molar-refractivity contribution in [2.45, 2.75) is 32.9 Å². The highest BCUT2D eigenvalue weighted by atomic mass is 35.5. The third-order valence-electron chi connectivity index (χ3n) is 4.28. The molecule has 0 radical (unpaired) electrons. The number of nitrogens with zero attached hydrogens (tertiary/aromatic N) is 1. The first-order valence-electron chi connectivity index (χ1n) is 9.34. The lowest BCUT2D eigenvalue weighted by Crippen LogP contribution is -2.48. The SMILES string of the molecule is CCOC(=O)C(=O)NC(C(=O)OCC)C1=CC(=O)N(Cc2ccc(F)c(Cl)c2)CC1. The third-order valence-corrected chi connectivity index (χ3v) is 4.57. The van der Waals surface area contributed by atoms with Gasteiger partial charge in [-0.15, -0.1) is 0 Å². The first-order chi connectivity index (χ1) is 14.3. The van der Waals surface area contributed by atoms with E-state index in [2.05, 4.69) is 10.1 Å². The van der Waals surface area contributed by atoms with Gasteiger partial charge in [-0.05, 0) is 43.5 Å². The van der Waals surface area contributed by atoms with Gasteiger partial charge in [-0.1, -0.05) is 17.7 Å². The molecule has 1 aliphatic rings. The maximum atomic E-state index is 13.3. The molecule has 0 aliphatic carbocycles. The Morgan fingerprint density at radius 2 is 1.93 bits per heavy atom. The number of nitrogens with one attached hydrogen (secondary N) is 1. The summed E-state index contributed by atoms with van der Waals surface area (Å²) in [6.45, 7) is 3.63. The predicted molar refractivity (Wildman–Crippen MR) is 105 cm³/mol. The van der Waals surface area contributed by atoms with E-state index in [0.29, 0.717) is 11.1 Å². The first kappa shape index (κ1) is 23.3. The lowest BCUT2D eigenvalue weighted by molar-refractivity contribution is -0.156. The van der Waals surface area contributed by atoms with Crippen molar-refractivity contribution in [3.8, 4) is 0 Å². The summed E-state index contributed by atoms with van der Waals surface area (Å²) in [5, 5.41) is 2.22. The van der Waals surface area contributed by atoms with Gasteiger partial charge in [-0.25, -0.2) is 14.0 Å². The van der Waals surface area contributed by atoms with Crippen LogP contribution >= 0.6 is 11.6 Å². The molecule has 2 rings (SSSR count). The Kier molecular flexibility index (Phi) is 8.35. The van der Waals surface area contributed by atoms with Gasteiger partial charge in [0.15, 0.2) is 0 Å². The van der Waals surface area contributed by atoms with Crippen molar-refractivity contribution in [2.24, 2.45) is 0 Å². The average molecular weight is 441 g/mol. The van der Waals surface area contributed by atoms with E-state index in [0.717, 1.165) is 0 Å². The molecule has 1 unspecified atom stereocenters. The fraction of sp³-hybridized carbons (Fsp3) is 0.400. The zero-order valence-corrected chi connectivity index (χ0v) is 17.3. The molecule has 2 amide bonds. The zero-order valence-electron chi connectivity index (χ0n) is 16.6. The monoisotopic (exact) mass is 440 g/mol. The van der Waals surface area contributed by atoms with E-state index in [4.69, 9.17) is 16.3 Å². The van der Waals surface area contributed by atoms with Crippen molar-refractivity contribution in [3.63, 3.8) is 0 Å². The minimum atomic E-state index is -1.28. The Bertz CT molecular complexity index is 873. The van der Waals surface area contributed by atoms with E-state index in [-0.39, 0.29) is 37.7 Å². The van der Waals surface area contributed by atoms with Gasteiger partial charge in [0.25, 0.3) is 0 Å². The summed E-state index contributed by atoms with van der Waals surface area (Å²) in [7, 11) is 0. The van der Waals surface area contributed by atoms with Crippen LogP contribution in [-0.2, 0) is 35.2 Å². The van der Waals surface area contributed by atoms with Crippen LogP contribution in [0.3, 0.4) is 0 Å². The number of carbonyl (C=O) groups is 4. The molecule has 1 heterocycles. The molecule has 1 aromatic carbocycles. The van der Waals surface area contributed by atoms with Crippen LogP contribution in [0.2, 0.25) is 5.02 Å². The normalized spacial score (nSPS) is 14.6. The Morgan fingerprint density at radius 3 is 2.53 bits per heavy atom. The summed E-state index contributed by atoms with van der Waals surface area (Å²) in [5.74, 6) is -3.98. The fourth-order valence-corrected chi connectivity index (χ4v) is 3.06. The summed E-state index contributed by atoms with van der Waals surface area (Å²) >= 11 is 5.77. The summed E-state index contributed by atoms with van der Waals surface area (Å²) in [6.07, 6.45) is 1.48. The van der Waals surface area contributed by atoms with Crippen molar-refractivity contribution in [2.75, 3.05) is 19.8 Å². The van der Waals surface area contributed by atoms with Crippen LogP contribution in [0, 0.1) is 5.82 Å². The number of ether oxygens (including phenoxy) is 2. The highest BCUT2D eigenvalue weighted by Crippen LogP contribution is 2.21. The maximum Gasteiger partial charge on any atom is 0.396 e. The molecule has 0 bridgehead atoms. The van der Waals surface area contributed by atoms with Crippen LogP contribution in [0.25, 0.3) is 0 Å². The molecule has 10 heteroatoms. The zero-order chi connectivity index (χ0) is 22.3. The first-order valence-corrected chi connectivity index (χ1v) is 9.72. The average Bonchev–Trinajstić information content (AvgIpc) is 2.70. The molecular formula is C20H22ClFN2O6. The highest BCUT2D eigenvalue weighted by Gasteiger charge is 2.32. The second-order valence-electron chi connectivity index (χ2n) is 6.36. The number of hydrogen-bond donors (Lipinski definition) is 1. The molecule has 0 saturated heterocycles. The number of benzene rings is 1. The van der Waals surface area contributed by atoms with Gasteiger partial charge in [0.2, 0.25) is 5.91 Å². The summed E-state index contributed by atoms with van der Waals surface area (Å²) < 4.78 is 22.9. The standard InChI is InChI=1S/C20H22ClFN2O6/c1-3-29-19(27)17(23-18(26)20(28)30-4-2)13-7-8-24(16(25)10-13)11-12-5-6-15(22)14(21)9-12/h5-6,9-10,17H,3-4,7-8,11H2,1-2H3,(H,23,26). The number of esters is 2. The predicted octanol–water partition coefficient (Wildman–Crippen LogP) is 1.75. The molecule has 8 nitrogen and oxygen atoms in total. The minimum Gasteiger partial charge on any atom is -0.464 e. The molecule has 0 saturated carbocycles. The molecule has 0 spiro atoms. The molecule has 0 fully saturated rings. The van der Waals surface area contributed by atoms with Crippen LogP contribution in [0.4, 0.5) is 4.39 Å². The quantitative estimate of drug-likeness (QED) is 0.512. The Labute approximate surface area is 177 Å². The topological polar surface area (TPSA) is 102 Å². The summed E-state index contributed by atoms with van der Waals surface area (Å²) in [4.78, 5) is 49.9. The van der Waals surface area contributed by atoms with Gasteiger partial charge < -0.3 is 19.7 Å². The van der Waals surface area contributed by atoms with Crippen LogP contribution in [0.15, 0.2) is 29.8 Å². The Balaban J connectivity index is 2.15. The number of rotatable bonds is 7. The van der Waals surface area contributed by atoms with Gasteiger partial charge in [-0.3, -0.25) is 9.59 Å². The number of carbonyl (C=O) groups excluding carboxylic acids is 4. The van der Waals surface area contributed by atoms with Crippen LogP contribution in [0.5, 0.6) is 0 Å². The Hall–Kier alpha value is -2.94. The van der Waals surface area contributed by atoms with Gasteiger partial charge in [-0.2, -0.15) is 0 Å². The summed E-state index contributed by atoms with van der Waals surface area (Å²) in [5.41, 5.74) is 0.952. The lowest BCUT2D eigenvalue weighted by atomic mass is 9.99. The fourth-order valence-electron chi connectivity index (χ4n) is 2.85. The van der Waals surface area contributed by atoms with Crippen molar-refractivity contribution < 1.29 is 33.0 Å². The van der Waals surface area contributed by atoms with Crippen LogP contribution < -0.4 is 5.32 Å². The van der Waals surface area contributed by atoms with Crippen LogP contribution in [0.1, 0.15) is 25.8 Å². The van der Waals surface area contributed by atoms with E-state index in [1.54, 1.807) is 13.8 Å². The molecule has 1 atom stereocenters. The van der Waals surface area contributed by atoms with Crippen molar-refractivity contribution >= 4 is 35.4 Å². The van der Waals surface area contributed by atoms with Gasteiger partial charge in [0.05, 0.1) is 18.2 Å². The van der Waals surface area contributed by atoms with E-state index >= 15 is 0 Å². The van der Waals surface area contributed by atoms with Crippen molar-refractivity contribution in [3.05, 3.63) is 46.3 Å². The van der Waals surface area contributed by atoms with Crippen LogP contribution in [-0.4, -0.2) is 54.5 Å². The van der Waals surface area contributed by atoms with Crippen molar-refractivity contribution in [1.82, 2.24) is 10.2 Å². The molecular weight excluding hydrogens is 419 g/mol. The lowest BCUT2D eigenvalue weighted by Gasteiger charge is -2.29. The van der Waals surface area contributed by atoms with Gasteiger partial charge in [0, 0.05) is 19.2 Å². The molecule has 162 valence electrons. The number of hydrogen-bond acceptors (Lipinski definition) is 6. The highest BCUT2D eigenvalue weighted by molar-refractivity contribution is 6.33. The molecule has 1 aromatic rings. The number of amides is 2. The number of halogens is 2. The summed E-state index contributed by atoms with van der Waals surface area (Å²) in [6, 6.07) is 2.89. The van der Waals surface area contributed by atoms with E-state index < -0.39 is 35.6 Å². The van der Waals surface area contributed by atoms with Gasteiger partial charge in [0.1, 0.15) is 11.9 Å². The Morgan fingerprint density at radius 1 is 1.23 bits per heavy atom. The van der Waals surface area contributed by atoms with E-state index in [1.165, 1.54) is 29.2 Å².